The van der Waals surface area contributed by atoms with Gasteiger partial charge >= 0.3 is 11.3 Å². The molecule has 3 aromatic carbocycles. The largest absolute Gasteiger partial charge is 0.457 e. The normalized spacial score (nSPS) is 14.2. The van der Waals surface area contributed by atoms with Crippen molar-refractivity contribution >= 4 is 23.4 Å². The number of aromatic amines is 1. The molecule has 0 radical (unpaired) electrons. The molecule has 182 valence electrons. The van der Waals surface area contributed by atoms with Crippen LogP contribution in [0.5, 0.6) is 11.5 Å². The smallest absolute Gasteiger partial charge is 0.325 e. The summed E-state index contributed by atoms with van der Waals surface area (Å²) >= 11 is 1.51. The Morgan fingerprint density at radius 1 is 1.06 bits per heavy atom. The van der Waals surface area contributed by atoms with Crippen LogP contribution in [0.2, 0.25) is 0 Å². The zero-order valence-corrected chi connectivity index (χ0v) is 21.0. The van der Waals surface area contributed by atoms with E-state index >= 15 is 0 Å². The molecule has 1 aliphatic rings. The Morgan fingerprint density at radius 2 is 1.81 bits per heavy atom. The van der Waals surface area contributed by atoms with E-state index in [2.05, 4.69) is 11.9 Å². The van der Waals surface area contributed by atoms with Gasteiger partial charge in [0.05, 0.1) is 11.3 Å². The number of carbonyl (C=O) groups is 1. The van der Waals surface area contributed by atoms with Gasteiger partial charge in [0.1, 0.15) is 11.5 Å². The van der Waals surface area contributed by atoms with Gasteiger partial charge in [-0.1, -0.05) is 61.5 Å². The molecule has 0 fully saturated rings. The van der Waals surface area contributed by atoms with Crippen LogP contribution in [-0.4, -0.2) is 21.7 Å². The van der Waals surface area contributed by atoms with E-state index in [0.29, 0.717) is 33.6 Å². The van der Waals surface area contributed by atoms with E-state index in [4.69, 9.17) is 9.84 Å². The lowest BCUT2D eigenvalue weighted by atomic mass is 10.0. The summed E-state index contributed by atoms with van der Waals surface area (Å²) in [7, 11) is 0. The van der Waals surface area contributed by atoms with Crippen molar-refractivity contribution < 1.29 is 14.2 Å². The van der Waals surface area contributed by atoms with Gasteiger partial charge < -0.3 is 4.74 Å². The van der Waals surface area contributed by atoms with E-state index in [1.54, 1.807) is 9.58 Å². The van der Waals surface area contributed by atoms with E-state index < -0.39 is 6.17 Å². The number of fused-ring (bicyclic) bond motifs is 3. The van der Waals surface area contributed by atoms with Gasteiger partial charge in [0.2, 0.25) is 11.1 Å². The molecule has 5 rings (SSSR count). The number of para-hydroxylation sites is 2. The molecule has 1 aromatic heterocycles. The second kappa shape index (κ2) is 10.4. The number of thioether (sulfide) groups is 1. The number of H-pyrrole nitrogens is 1. The molecule has 0 aliphatic carbocycles. The number of aromatic nitrogens is 3. The maximum Gasteiger partial charge on any atom is 0.325 e. The molecule has 0 bridgehead atoms. The Balaban J connectivity index is 1.67. The molecule has 7 nitrogen and oxygen atoms in total. The highest BCUT2D eigenvalue weighted by molar-refractivity contribution is 7.99. The molecule has 4 aromatic rings. The highest BCUT2D eigenvalue weighted by Crippen LogP contribution is 2.38. The molecule has 2 heterocycles. The highest BCUT2D eigenvalue weighted by atomic mass is 32.2. The Kier molecular flexibility index (Phi) is 6.86. The molecule has 1 N–H and O–H groups in total. The standard InChI is InChI=1S/C28H26N4O3S/c1-3-4-17-36-28-29-26(34)25-23-15-8-9-16-24(23)31(19(2)33)27(32(25)30-28)20-11-10-14-22(18-20)35-21-12-6-5-7-13-21/h5-16,18,27H,3-4,17H2,1-2H3/p+1/t27-/m0/s1. The predicted octanol–water partition coefficient (Wildman–Crippen LogP) is 5.32. The first-order valence-corrected chi connectivity index (χ1v) is 13.0. The van der Waals surface area contributed by atoms with Gasteiger partial charge in [0.15, 0.2) is 0 Å². The number of amides is 1. The first-order valence-electron chi connectivity index (χ1n) is 12.0. The predicted molar refractivity (Wildman–Crippen MR) is 140 cm³/mol. The number of hydrogen-bond acceptors (Lipinski definition) is 5. The van der Waals surface area contributed by atoms with E-state index in [1.807, 2.05) is 78.9 Å². The van der Waals surface area contributed by atoms with Gasteiger partial charge in [-0.2, -0.15) is 0 Å². The molecule has 0 unspecified atom stereocenters. The van der Waals surface area contributed by atoms with E-state index in [0.717, 1.165) is 24.2 Å². The van der Waals surface area contributed by atoms with Crippen LogP contribution in [0.15, 0.2) is 88.8 Å². The summed E-state index contributed by atoms with van der Waals surface area (Å²) < 4.78 is 7.75. The van der Waals surface area contributed by atoms with Gasteiger partial charge in [0.25, 0.3) is 6.17 Å². The van der Waals surface area contributed by atoms with Crippen molar-refractivity contribution in [2.75, 3.05) is 10.7 Å². The van der Waals surface area contributed by atoms with Crippen molar-refractivity contribution in [3.05, 3.63) is 94.8 Å². The first-order chi connectivity index (χ1) is 17.6. The lowest BCUT2D eigenvalue weighted by molar-refractivity contribution is -0.763. The van der Waals surface area contributed by atoms with Crippen molar-refractivity contribution in [1.29, 1.82) is 0 Å². The SMILES string of the molecule is CCCCSc1n[n+]2c(c(=O)[nH]1)-c1ccccc1N(C(C)=O)[C@@H]2c1cccc(Oc2ccccc2)c1. The van der Waals surface area contributed by atoms with Crippen LogP contribution in [0, 0.1) is 0 Å². The third kappa shape index (κ3) is 4.64. The monoisotopic (exact) mass is 499 g/mol. The first kappa shape index (κ1) is 23.8. The van der Waals surface area contributed by atoms with Gasteiger partial charge in [-0.15, -0.1) is 0 Å². The fourth-order valence-corrected chi connectivity index (χ4v) is 5.29. The summed E-state index contributed by atoms with van der Waals surface area (Å²) in [6.07, 6.45) is 1.41. The molecule has 1 aliphatic heterocycles. The summed E-state index contributed by atoms with van der Waals surface area (Å²) in [6.45, 7) is 3.66. The van der Waals surface area contributed by atoms with Crippen molar-refractivity contribution in [1.82, 2.24) is 10.1 Å². The van der Waals surface area contributed by atoms with Crippen LogP contribution in [0.1, 0.15) is 38.4 Å². The molecule has 0 saturated heterocycles. The fourth-order valence-electron chi connectivity index (χ4n) is 4.35. The maximum atomic E-state index is 13.4. The van der Waals surface area contributed by atoms with E-state index in [-0.39, 0.29) is 11.5 Å². The van der Waals surface area contributed by atoms with Crippen LogP contribution in [0.3, 0.4) is 0 Å². The van der Waals surface area contributed by atoms with Gasteiger partial charge in [-0.25, -0.2) is 4.90 Å². The minimum Gasteiger partial charge on any atom is -0.457 e. The number of carbonyl (C=O) groups excluding carboxylic acids is 1. The van der Waals surface area contributed by atoms with Gasteiger partial charge in [0, 0.05) is 23.3 Å². The minimum absolute atomic E-state index is 0.151. The number of nitrogens with one attached hydrogen (secondary N) is 1. The van der Waals surface area contributed by atoms with Crippen LogP contribution in [0.25, 0.3) is 11.3 Å². The second-order valence-electron chi connectivity index (χ2n) is 8.52. The lowest BCUT2D eigenvalue weighted by Gasteiger charge is -2.31. The Morgan fingerprint density at radius 3 is 2.58 bits per heavy atom. The Hall–Kier alpha value is -3.91. The summed E-state index contributed by atoms with van der Waals surface area (Å²) in [5.41, 5.74) is 2.30. The molecular formula is C28H27N4O3S+. The maximum absolute atomic E-state index is 13.4. The topological polar surface area (TPSA) is 79.2 Å². The van der Waals surface area contributed by atoms with Crippen molar-refractivity contribution in [2.24, 2.45) is 0 Å². The zero-order chi connectivity index (χ0) is 25.1. The van der Waals surface area contributed by atoms with Crippen LogP contribution < -0.4 is 19.9 Å². The molecule has 36 heavy (non-hydrogen) atoms. The average molecular weight is 500 g/mol. The minimum atomic E-state index is -0.653. The molecule has 0 saturated carbocycles. The molecule has 8 heteroatoms. The van der Waals surface area contributed by atoms with Crippen molar-refractivity contribution in [3.63, 3.8) is 0 Å². The highest BCUT2D eigenvalue weighted by Gasteiger charge is 2.44. The summed E-state index contributed by atoms with van der Waals surface area (Å²) in [5, 5.41) is 5.37. The number of hydrogen-bond donors (Lipinski definition) is 1. The van der Waals surface area contributed by atoms with Gasteiger partial charge in [-0.05, 0) is 53.6 Å². The van der Waals surface area contributed by atoms with Crippen molar-refractivity contribution in [3.8, 4) is 22.8 Å². The number of nitrogens with zero attached hydrogens (tertiary/aromatic N) is 3. The fraction of sp³-hybridized carbons (Fsp3) is 0.214. The third-order valence-corrected chi connectivity index (χ3v) is 6.92. The molecule has 0 spiro atoms. The molecule has 1 atom stereocenters. The van der Waals surface area contributed by atoms with Crippen LogP contribution in [-0.2, 0) is 4.79 Å². The number of rotatable bonds is 7. The lowest BCUT2D eigenvalue weighted by Crippen LogP contribution is -2.60. The van der Waals surface area contributed by atoms with Crippen LogP contribution >= 0.6 is 11.8 Å². The quantitative estimate of drug-likeness (QED) is 0.211. The number of ether oxygens (including phenoxy) is 1. The van der Waals surface area contributed by atoms with Crippen LogP contribution in [0.4, 0.5) is 5.69 Å². The summed E-state index contributed by atoms with van der Waals surface area (Å²) in [4.78, 5) is 31.1. The summed E-state index contributed by atoms with van der Waals surface area (Å²) in [6, 6.07) is 24.5. The zero-order valence-electron chi connectivity index (χ0n) is 20.2. The molecular weight excluding hydrogens is 472 g/mol. The molecule has 1 amide bonds. The number of anilines is 1. The third-order valence-electron chi connectivity index (χ3n) is 5.97. The summed E-state index contributed by atoms with van der Waals surface area (Å²) in [5.74, 6) is 2.04. The van der Waals surface area contributed by atoms with Gasteiger partial charge in [-0.3, -0.25) is 14.6 Å². The second-order valence-corrected chi connectivity index (χ2v) is 9.61. The number of benzene rings is 3. The Bertz CT molecular complexity index is 1450. The average Bonchev–Trinajstić information content (AvgIpc) is 2.88. The van der Waals surface area contributed by atoms with E-state index in [1.165, 1.54) is 18.7 Å². The van der Waals surface area contributed by atoms with E-state index in [9.17, 15) is 9.59 Å². The number of unbranched alkanes of at least 4 members (excludes halogenated alkanes) is 1. The Labute approximate surface area is 213 Å². The van der Waals surface area contributed by atoms with Crippen molar-refractivity contribution in [2.45, 2.75) is 38.0 Å².